The average molecular weight is 254 g/mol. The largest absolute Gasteiger partial charge is 0.385 e. The van der Waals surface area contributed by atoms with E-state index in [1.165, 1.54) is 0 Å². The summed E-state index contributed by atoms with van der Waals surface area (Å²) in [7, 11) is 1.75. The van der Waals surface area contributed by atoms with Gasteiger partial charge in [0, 0.05) is 31.1 Å². The molecule has 0 atom stereocenters. The van der Waals surface area contributed by atoms with E-state index in [0.29, 0.717) is 0 Å². The zero-order valence-corrected chi connectivity index (χ0v) is 11.5. The second kappa shape index (κ2) is 6.09. The minimum atomic E-state index is 0.842. The van der Waals surface area contributed by atoms with Crippen molar-refractivity contribution in [1.82, 2.24) is 9.97 Å². The molecule has 0 aliphatic rings. The Kier molecular flexibility index (Phi) is 4.23. The number of rotatable bonds is 4. The van der Waals surface area contributed by atoms with Gasteiger partial charge in [-0.25, -0.2) is 4.98 Å². The molecule has 0 spiro atoms. The number of nitrogens with zero attached hydrogens (tertiary/aromatic N) is 3. The predicted octanol–water partition coefficient (Wildman–Crippen LogP) is 3.17. The lowest BCUT2D eigenvalue weighted by atomic mass is 10.2. The number of aromatic nitrogens is 2. The molecule has 0 amide bonds. The topological polar surface area (TPSA) is 50.2 Å². The summed E-state index contributed by atoms with van der Waals surface area (Å²) in [6.07, 6.45) is 5.56. The molecule has 4 heteroatoms. The van der Waals surface area contributed by atoms with Gasteiger partial charge in [0.25, 0.3) is 0 Å². The Labute approximate surface area is 113 Å². The molecule has 0 bridgehead atoms. The summed E-state index contributed by atoms with van der Waals surface area (Å²) in [5.74, 6) is 0. The Morgan fingerprint density at radius 3 is 2.89 bits per heavy atom. The number of benzene rings is 1. The standard InChI is InChI=1S/C15H18N4/c1-4-11(9-16-3)15-10-18-13-7-6-12(17-5-2)8-14(13)19-15/h4,6-10,17H,5H2,1-3H3/b11-4+,16-9-. The molecule has 2 aromatic rings. The molecule has 1 aromatic heterocycles. The molecular formula is C15H18N4. The van der Waals surface area contributed by atoms with E-state index in [-0.39, 0.29) is 0 Å². The van der Waals surface area contributed by atoms with E-state index >= 15 is 0 Å². The minimum Gasteiger partial charge on any atom is -0.385 e. The van der Waals surface area contributed by atoms with Gasteiger partial charge in [-0.05, 0) is 32.0 Å². The van der Waals surface area contributed by atoms with Crippen LogP contribution in [0.25, 0.3) is 16.6 Å². The van der Waals surface area contributed by atoms with Crippen LogP contribution in [0.3, 0.4) is 0 Å². The molecule has 19 heavy (non-hydrogen) atoms. The van der Waals surface area contributed by atoms with Crippen molar-refractivity contribution >= 4 is 28.5 Å². The van der Waals surface area contributed by atoms with E-state index in [0.717, 1.165) is 34.5 Å². The van der Waals surface area contributed by atoms with Crippen LogP contribution in [0.4, 0.5) is 5.69 Å². The first-order valence-electron chi connectivity index (χ1n) is 6.38. The summed E-state index contributed by atoms with van der Waals surface area (Å²) < 4.78 is 0. The molecule has 1 heterocycles. The molecular weight excluding hydrogens is 236 g/mol. The lowest BCUT2D eigenvalue weighted by Crippen LogP contribution is -1.98. The zero-order chi connectivity index (χ0) is 13.7. The molecule has 0 unspecified atom stereocenters. The number of fused-ring (bicyclic) bond motifs is 1. The maximum atomic E-state index is 4.65. The van der Waals surface area contributed by atoms with Crippen molar-refractivity contribution in [1.29, 1.82) is 0 Å². The van der Waals surface area contributed by atoms with Gasteiger partial charge in [-0.1, -0.05) is 6.08 Å². The fourth-order valence-corrected chi connectivity index (χ4v) is 1.89. The number of hydrogen-bond donors (Lipinski definition) is 1. The van der Waals surface area contributed by atoms with Crippen LogP contribution in [-0.2, 0) is 0 Å². The van der Waals surface area contributed by atoms with Crippen LogP contribution >= 0.6 is 0 Å². The van der Waals surface area contributed by atoms with E-state index in [9.17, 15) is 0 Å². The van der Waals surface area contributed by atoms with Gasteiger partial charge in [0.1, 0.15) is 0 Å². The van der Waals surface area contributed by atoms with Crippen LogP contribution in [0, 0.1) is 0 Å². The van der Waals surface area contributed by atoms with E-state index in [4.69, 9.17) is 0 Å². The first-order chi connectivity index (χ1) is 9.28. The van der Waals surface area contributed by atoms with Crippen molar-refractivity contribution in [3.63, 3.8) is 0 Å². The molecule has 0 radical (unpaired) electrons. The molecule has 0 fully saturated rings. The predicted molar refractivity (Wildman–Crippen MR) is 81.8 cm³/mol. The first-order valence-corrected chi connectivity index (χ1v) is 6.38. The lowest BCUT2D eigenvalue weighted by molar-refractivity contribution is 1.21. The fourth-order valence-electron chi connectivity index (χ4n) is 1.89. The van der Waals surface area contributed by atoms with Crippen LogP contribution in [0.5, 0.6) is 0 Å². The molecule has 1 aromatic carbocycles. The number of anilines is 1. The summed E-state index contributed by atoms with van der Waals surface area (Å²) in [5, 5.41) is 3.28. The van der Waals surface area contributed by atoms with Gasteiger partial charge >= 0.3 is 0 Å². The third kappa shape index (κ3) is 2.96. The van der Waals surface area contributed by atoms with Crippen LogP contribution in [0.2, 0.25) is 0 Å². The van der Waals surface area contributed by atoms with Crippen LogP contribution in [0.15, 0.2) is 35.5 Å². The molecule has 0 saturated carbocycles. The number of allylic oxidation sites excluding steroid dienone is 2. The van der Waals surface area contributed by atoms with Gasteiger partial charge in [0.15, 0.2) is 0 Å². The fraction of sp³-hybridized carbons (Fsp3) is 0.267. The Morgan fingerprint density at radius 2 is 2.21 bits per heavy atom. The maximum Gasteiger partial charge on any atom is 0.0914 e. The molecule has 2 rings (SSSR count). The smallest absolute Gasteiger partial charge is 0.0914 e. The summed E-state index contributed by atoms with van der Waals surface area (Å²) >= 11 is 0. The highest BCUT2D eigenvalue weighted by molar-refractivity contribution is 6.09. The number of aliphatic imine (C=N–C) groups is 1. The quantitative estimate of drug-likeness (QED) is 0.853. The summed E-state index contributed by atoms with van der Waals surface area (Å²) in [6.45, 7) is 4.93. The Hall–Kier alpha value is -2.23. The molecule has 98 valence electrons. The Morgan fingerprint density at radius 1 is 1.37 bits per heavy atom. The summed E-state index contributed by atoms with van der Waals surface area (Å²) in [5.41, 5.74) is 4.67. The van der Waals surface area contributed by atoms with E-state index in [2.05, 4.69) is 27.2 Å². The van der Waals surface area contributed by atoms with E-state index in [1.54, 1.807) is 19.5 Å². The number of hydrogen-bond acceptors (Lipinski definition) is 4. The molecule has 0 saturated heterocycles. The van der Waals surface area contributed by atoms with Gasteiger partial charge in [-0.15, -0.1) is 0 Å². The maximum absolute atomic E-state index is 4.65. The van der Waals surface area contributed by atoms with Gasteiger partial charge < -0.3 is 5.32 Å². The van der Waals surface area contributed by atoms with Gasteiger partial charge in [0.05, 0.1) is 22.9 Å². The lowest BCUT2D eigenvalue weighted by Gasteiger charge is -2.06. The highest BCUT2D eigenvalue weighted by Gasteiger charge is 2.04. The van der Waals surface area contributed by atoms with Crippen molar-refractivity contribution in [2.75, 3.05) is 18.9 Å². The number of nitrogens with one attached hydrogen (secondary N) is 1. The van der Waals surface area contributed by atoms with Crippen LogP contribution in [-0.4, -0.2) is 29.8 Å². The van der Waals surface area contributed by atoms with Crippen molar-refractivity contribution in [3.8, 4) is 0 Å². The van der Waals surface area contributed by atoms with E-state index in [1.807, 2.05) is 31.2 Å². The highest BCUT2D eigenvalue weighted by Crippen LogP contribution is 2.18. The van der Waals surface area contributed by atoms with Crippen molar-refractivity contribution in [2.24, 2.45) is 4.99 Å². The third-order valence-electron chi connectivity index (χ3n) is 2.80. The molecule has 4 nitrogen and oxygen atoms in total. The normalized spacial score (nSPS) is 12.3. The minimum absolute atomic E-state index is 0.842. The molecule has 0 aliphatic heterocycles. The zero-order valence-electron chi connectivity index (χ0n) is 11.5. The van der Waals surface area contributed by atoms with Crippen LogP contribution in [0.1, 0.15) is 19.5 Å². The summed E-state index contributed by atoms with van der Waals surface area (Å²) in [4.78, 5) is 13.1. The van der Waals surface area contributed by atoms with Crippen molar-refractivity contribution < 1.29 is 0 Å². The van der Waals surface area contributed by atoms with Gasteiger partial charge in [-0.2, -0.15) is 0 Å². The average Bonchev–Trinajstić information content (AvgIpc) is 2.44. The van der Waals surface area contributed by atoms with Crippen molar-refractivity contribution in [2.45, 2.75) is 13.8 Å². The molecule has 1 N–H and O–H groups in total. The van der Waals surface area contributed by atoms with Gasteiger partial charge in [-0.3, -0.25) is 9.98 Å². The first kappa shape index (κ1) is 13.2. The highest BCUT2D eigenvalue weighted by atomic mass is 14.9. The molecule has 0 aliphatic carbocycles. The van der Waals surface area contributed by atoms with Gasteiger partial charge in [0.2, 0.25) is 0 Å². The second-order valence-corrected chi connectivity index (χ2v) is 4.12. The Balaban J connectivity index is 2.48. The third-order valence-corrected chi connectivity index (χ3v) is 2.80. The van der Waals surface area contributed by atoms with Crippen LogP contribution < -0.4 is 5.32 Å². The van der Waals surface area contributed by atoms with E-state index < -0.39 is 0 Å². The Bertz CT molecular complexity index is 629. The second-order valence-electron chi connectivity index (χ2n) is 4.12. The monoisotopic (exact) mass is 254 g/mol. The SMILES string of the molecule is C/C=C(\C=N/C)c1cnc2ccc(NCC)cc2n1. The van der Waals surface area contributed by atoms with Crippen molar-refractivity contribution in [3.05, 3.63) is 36.2 Å². The summed E-state index contributed by atoms with van der Waals surface area (Å²) in [6, 6.07) is 6.02.